The number of aliphatic hydroxyl groups is 2. The van der Waals surface area contributed by atoms with Gasteiger partial charge in [-0.05, 0) is 19.3 Å². The van der Waals surface area contributed by atoms with Crippen molar-refractivity contribution in [2.45, 2.75) is 56.7 Å². The Labute approximate surface area is 135 Å². The van der Waals surface area contributed by atoms with E-state index < -0.39 is 12.2 Å². The van der Waals surface area contributed by atoms with E-state index in [-0.39, 0.29) is 12.0 Å². The lowest BCUT2D eigenvalue weighted by molar-refractivity contribution is 0.00271. The largest absolute Gasteiger partial charge is 0.390 e. The third-order valence-corrected chi connectivity index (χ3v) is 4.77. The maximum atomic E-state index is 10.3. The van der Waals surface area contributed by atoms with Crippen molar-refractivity contribution in [3.05, 3.63) is 11.9 Å². The van der Waals surface area contributed by atoms with Gasteiger partial charge in [-0.3, -0.25) is 4.68 Å². The van der Waals surface area contributed by atoms with Gasteiger partial charge >= 0.3 is 0 Å². The zero-order valence-electron chi connectivity index (χ0n) is 13.5. The summed E-state index contributed by atoms with van der Waals surface area (Å²) < 4.78 is 12.1. The molecule has 0 aromatic carbocycles. The molecule has 2 fully saturated rings. The molecule has 3 N–H and O–H groups in total. The normalized spacial score (nSPS) is 32.5. The molecule has 8 heteroatoms. The molecular weight excluding hydrogens is 300 g/mol. The smallest absolute Gasteiger partial charge is 0.108 e. The summed E-state index contributed by atoms with van der Waals surface area (Å²) in [5.41, 5.74) is 0.761. The highest BCUT2D eigenvalue weighted by atomic mass is 16.5. The minimum absolute atomic E-state index is 0.0422. The number of methoxy groups -OCH3 is 1. The van der Waals surface area contributed by atoms with Crippen LogP contribution in [0.25, 0.3) is 0 Å². The monoisotopic (exact) mass is 326 g/mol. The summed E-state index contributed by atoms with van der Waals surface area (Å²) in [6.45, 7) is 2.48. The number of nitrogens with zero attached hydrogens (tertiary/aromatic N) is 3. The number of hydrogen-bond acceptors (Lipinski definition) is 7. The molecule has 0 bridgehead atoms. The second-order valence-electron chi connectivity index (χ2n) is 6.50. The van der Waals surface area contributed by atoms with E-state index in [1.807, 2.05) is 6.20 Å². The Morgan fingerprint density at radius 2 is 2.13 bits per heavy atom. The average molecular weight is 326 g/mol. The van der Waals surface area contributed by atoms with Gasteiger partial charge in [0.15, 0.2) is 0 Å². The molecule has 1 aliphatic carbocycles. The van der Waals surface area contributed by atoms with Gasteiger partial charge in [0.05, 0.1) is 25.0 Å². The number of rotatable bonds is 6. The summed E-state index contributed by atoms with van der Waals surface area (Å²) in [6, 6.07) is 0.272. The molecule has 1 saturated carbocycles. The third kappa shape index (κ3) is 4.07. The van der Waals surface area contributed by atoms with E-state index in [0.29, 0.717) is 19.2 Å². The Hall–Kier alpha value is -1.06. The molecule has 1 aliphatic heterocycles. The van der Waals surface area contributed by atoms with Gasteiger partial charge < -0.3 is 25.0 Å². The van der Waals surface area contributed by atoms with Gasteiger partial charge in [0, 0.05) is 44.9 Å². The van der Waals surface area contributed by atoms with Crippen molar-refractivity contribution in [1.29, 1.82) is 0 Å². The van der Waals surface area contributed by atoms with E-state index in [1.165, 1.54) is 0 Å². The Balaban J connectivity index is 1.55. The second-order valence-corrected chi connectivity index (χ2v) is 6.50. The Morgan fingerprint density at radius 1 is 1.35 bits per heavy atom. The van der Waals surface area contributed by atoms with Crippen LogP contribution in [0.3, 0.4) is 0 Å². The van der Waals surface area contributed by atoms with Crippen molar-refractivity contribution in [2.24, 2.45) is 5.92 Å². The third-order valence-electron chi connectivity index (χ3n) is 4.77. The molecular formula is C15H26N4O4. The molecule has 130 valence electrons. The van der Waals surface area contributed by atoms with Crippen molar-refractivity contribution >= 4 is 0 Å². The highest BCUT2D eigenvalue weighted by molar-refractivity contribution is 4.98. The zero-order chi connectivity index (χ0) is 16.2. The Kier molecular flexibility index (Phi) is 5.60. The first kappa shape index (κ1) is 16.8. The molecule has 23 heavy (non-hydrogen) atoms. The van der Waals surface area contributed by atoms with Gasteiger partial charge in [-0.15, -0.1) is 5.10 Å². The molecule has 0 unspecified atom stereocenters. The van der Waals surface area contributed by atoms with Crippen molar-refractivity contribution in [3.8, 4) is 0 Å². The molecule has 2 heterocycles. The van der Waals surface area contributed by atoms with E-state index in [4.69, 9.17) is 9.47 Å². The fourth-order valence-electron chi connectivity index (χ4n) is 3.52. The lowest BCUT2D eigenvalue weighted by atomic mass is 10.1. The Morgan fingerprint density at radius 3 is 2.87 bits per heavy atom. The molecule has 0 spiro atoms. The van der Waals surface area contributed by atoms with Crippen LogP contribution in [0.2, 0.25) is 0 Å². The lowest BCUT2D eigenvalue weighted by Gasteiger charge is -2.28. The first-order valence-corrected chi connectivity index (χ1v) is 8.25. The van der Waals surface area contributed by atoms with Crippen molar-refractivity contribution in [1.82, 2.24) is 20.3 Å². The van der Waals surface area contributed by atoms with Crippen molar-refractivity contribution < 1.29 is 19.7 Å². The van der Waals surface area contributed by atoms with Gasteiger partial charge in [-0.2, -0.15) is 0 Å². The summed E-state index contributed by atoms with van der Waals surface area (Å²) >= 11 is 0. The van der Waals surface area contributed by atoms with Gasteiger partial charge in [-0.1, -0.05) is 5.21 Å². The molecule has 1 saturated heterocycles. The highest BCUT2D eigenvalue weighted by Gasteiger charge is 2.42. The van der Waals surface area contributed by atoms with Crippen LogP contribution in [0.15, 0.2) is 6.20 Å². The molecule has 0 radical (unpaired) electrons. The second kappa shape index (κ2) is 7.67. The minimum Gasteiger partial charge on any atom is -0.390 e. The molecule has 4 atom stereocenters. The fraction of sp³-hybridized carbons (Fsp3) is 0.867. The maximum absolute atomic E-state index is 10.3. The molecule has 3 rings (SSSR count). The van der Waals surface area contributed by atoms with Gasteiger partial charge in [0.25, 0.3) is 0 Å². The van der Waals surface area contributed by atoms with Crippen LogP contribution >= 0.6 is 0 Å². The predicted octanol–water partition coefficient (Wildman–Crippen LogP) is -0.697. The van der Waals surface area contributed by atoms with Crippen LogP contribution in [0.4, 0.5) is 0 Å². The van der Waals surface area contributed by atoms with E-state index in [2.05, 4.69) is 15.6 Å². The van der Waals surface area contributed by atoms with Crippen LogP contribution in [0.1, 0.15) is 25.0 Å². The molecule has 0 amide bonds. The number of ether oxygens (including phenoxy) is 2. The standard InChI is InChI=1S/C15H26N4O4/c1-22-9-12-8-19(18-17-12)7-10-6-13(15(21)14(10)20)16-11-2-4-23-5-3-11/h8,10-11,13-16,20-21H,2-7,9H2,1H3/t10-,13-,14-,15+/m1/s1. The number of aliphatic hydroxyl groups excluding tert-OH is 2. The first-order chi connectivity index (χ1) is 11.2. The number of hydrogen-bond donors (Lipinski definition) is 3. The summed E-state index contributed by atoms with van der Waals surface area (Å²) in [4.78, 5) is 0. The molecule has 2 aliphatic rings. The van der Waals surface area contributed by atoms with Gasteiger partial charge in [-0.25, -0.2) is 0 Å². The van der Waals surface area contributed by atoms with Crippen LogP contribution in [0, 0.1) is 5.92 Å². The van der Waals surface area contributed by atoms with Crippen molar-refractivity contribution in [2.75, 3.05) is 20.3 Å². The first-order valence-electron chi connectivity index (χ1n) is 8.25. The van der Waals surface area contributed by atoms with Crippen LogP contribution in [-0.4, -0.2) is 69.8 Å². The molecule has 1 aromatic heterocycles. The maximum Gasteiger partial charge on any atom is 0.108 e. The SMILES string of the molecule is COCc1cn(C[C@H]2C[C@@H](NC3CCOCC3)[C@H](O)[C@@H]2O)nn1. The minimum atomic E-state index is -0.748. The Bertz CT molecular complexity index is 492. The molecule has 8 nitrogen and oxygen atoms in total. The quantitative estimate of drug-likeness (QED) is 0.635. The highest BCUT2D eigenvalue weighted by Crippen LogP contribution is 2.29. The van der Waals surface area contributed by atoms with Crippen molar-refractivity contribution in [3.63, 3.8) is 0 Å². The predicted molar refractivity (Wildman–Crippen MR) is 81.6 cm³/mol. The fourth-order valence-corrected chi connectivity index (χ4v) is 3.52. The van der Waals surface area contributed by atoms with E-state index in [1.54, 1.807) is 11.8 Å². The van der Waals surface area contributed by atoms with E-state index in [0.717, 1.165) is 38.2 Å². The summed E-state index contributed by atoms with van der Waals surface area (Å²) in [6.07, 6.45) is 2.95. The molecule has 1 aromatic rings. The van der Waals surface area contributed by atoms with Crippen LogP contribution in [-0.2, 0) is 22.6 Å². The van der Waals surface area contributed by atoms with Crippen LogP contribution in [0.5, 0.6) is 0 Å². The number of aromatic nitrogens is 3. The number of nitrogens with one attached hydrogen (secondary N) is 1. The summed E-state index contributed by atoms with van der Waals surface area (Å²) in [5, 5.41) is 32.2. The summed E-state index contributed by atoms with van der Waals surface area (Å²) in [5.74, 6) is -0.0422. The van der Waals surface area contributed by atoms with Crippen LogP contribution < -0.4 is 5.32 Å². The van der Waals surface area contributed by atoms with E-state index >= 15 is 0 Å². The topological polar surface area (TPSA) is 102 Å². The van der Waals surface area contributed by atoms with Gasteiger partial charge in [0.2, 0.25) is 0 Å². The lowest BCUT2D eigenvalue weighted by Crippen LogP contribution is -2.47. The van der Waals surface area contributed by atoms with Gasteiger partial charge in [0.1, 0.15) is 5.69 Å². The zero-order valence-corrected chi connectivity index (χ0v) is 13.5. The average Bonchev–Trinajstić information content (AvgIpc) is 3.10. The summed E-state index contributed by atoms with van der Waals surface area (Å²) in [7, 11) is 1.61. The van der Waals surface area contributed by atoms with E-state index in [9.17, 15) is 10.2 Å².